The normalized spacial score (nSPS) is 11.7. The topological polar surface area (TPSA) is 74.8 Å². The molecular weight excluding hydrogens is 396 g/mol. The first-order valence-corrected chi connectivity index (χ1v) is 10.4. The van der Waals surface area contributed by atoms with E-state index < -0.39 is 26.6 Å². The number of nitrogens with one attached hydrogen (secondary N) is 2. The summed E-state index contributed by atoms with van der Waals surface area (Å²) in [5, 5.41) is 0. The molecule has 0 saturated heterocycles. The van der Waals surface area contributed by atoms with Gasteiger partial charge in [0.05, 0.1) is 21.6 Å². The maximum absolute atomic E-state index is 13.4. The molecule has 0 aliphatic carbocycles. The van der Waals surface area contributed by atoms with Gasteiger partial charge in [-0.05, 0) is 42.3 Å². The Balaban J connectivity index is 1.56. The zero-order chi connectivity index (χ0) is 20.4. The van der Waals surface area contributed by atoms with E-state index in [4.69, 9.17) is 0 Å². The lowest BCUT2D eigenvalue weighted by atomic mass is 10.1. The van der Waals surface area contributed by atoms with Crippen LogP contribution in [0.5, 0.6) is 0 Å². The lowest BCUT2D eigenvalue weighted by molar-refractivity contribution is 0.568. The van der Waals surface area contributed by atoms with Crippen LogP contribution >= 0.6 is 0 Å². The highest BCUT2D eigenvalue weighted by Crippen LogP contribution is 2.23. The van der Waals surface area contributed by atoms with E-state index >= 15 is 0 Å². The molecule has 0 saturated carbocycles. The Morgan fingerprint density at radius 3 is 2.34 bits per heavy atom. The minimum Gasteiger partial charge on any atom is -0.342 e. The molecule has 0 atom stereocenters. The van der Waals surface area contributed by atoms with E-state index in [2.05, 4.69) is 14.7 Å². The SMILES string of the molecule is O=S(=O)(Nc1ccccc1CCc1nc2ccccc2[nH]1)c1cc(F)cc(F)c1. The largest absolute Gasteiger partial charge is 0.342 e. The van der Waals surface area contributed by atoms with Gasteiger partial charge in [0.2, 0.25) is 0 Å². The van der Waals surface area contributed by atoms with E-state index in [9.17, 15) is 17.2 Å². The molecule has 4 rings (SSSR count). The van der Waals surface area contributed by atoms with Crippen molar-refractivity contribution in [1.29, 1.82) is 0 Å². The van der Waals surface area contributed by atoms with Gasteiger partial charge >= 0.3 is 0 Å². The fraction of sp³-hybridized carbons (Fsp3) is 0.0952. The molecule has 0 aliphatic rings. The number of nitrogens with zero attached hydrogens (tertiary/aromatic N) is 1. The number of imidazole rings is 1. The third-order valence-electron chi connectivity index (χ3n) is 4.48. The number of anilines is 1. The summed E-state index contributed by atoms with van der Waals surface area (Å²) in [6, 6.07) is 16.8. The van der Waals surface area contributed by atoms with Gasteiger partial charge in [-0.3, -0.25) is 4.72 Å². The number of sulfonamides is 1. The first-order valence-electron chi connectivity index (χ1n) is 8.91. The summed E-state index contributed by atoms with van der Waals surface area (Å²) >= 11 is 0. The Labute approximate surface area is 166 Å². The number of benzene rings is 3. The summed E-state index contributed by atoms with van der Waals surface area (Å²) in [6.07, 6.45) is 1.10. The van der Waals surface area contributed by atoms with Gasteiger partial charge in [-0.1, -0.05) is 30.3 Å². The highest BCUT2D eigenvalue weighted by atomic mass is 32.2. The predicted molar refractivity (Wildman–Crippen MR) is 107 cm³/mol. The molecule has 29 heavy (non-hydrogen) atoms. The maximum Gasteiger partial charge on any atom is 0.262 e. The minimum absolute atomic E-state index is 0.355. The molecule has 0 bridgehead atoms. The number of hydrogen-bond donors (Lipinski definition) is 2. The highest BCUT2D eigenvalue weighted by molar-refractivity contribution is 7.92. The Morgan fingerprint density at radius 2 is 1.59 bits per heavy atom. The fourth-order valence-electron chi connectivity index (χ4n) is 3.10. The van der Waals surface area contributed by atoms with Crippen molar-refractivity contribution in [1.82, 2.24) is 9.97 Å². The number of H-pyrrole nitrogens is 1. The van der Waals surface area contributed by atoms with Gasteiger partial charge in [-0.25, -0.2) is 22.2 Å². The molecule has 0 radical (unpaired) electrons. The Hall–Kier alpha value is -3.26. The first kappa shape index (κ1) is 19.1. The molecule has 1 aromatic heterocycles. The standard InChI is InChI=1S/C21H17F2N3O2S/c22-15-11-16(23)13-17(12-15)29(27,28)26-18-6-2-1-5-14(18)9-10-21-24-19-7-3-4-8-20(19)25-21/h1-8,11-13,26H,9-10H2,(H,24,25). The van der Waals surface area contributed by atoms with Crippen molar-refractivity contribution in [3.8, 4) is 0 Å². The van der Waals surface area contributed by atoms with Gasteiger partial charge in [0.1, 0.15) is 17.5 Å². The molecule has 0 amide bonds. The quantitative estimate of drug-likeness (QED) is 0.491. The van der Waals surface area contributed by atoms with Gasteiger partial charge in [-0.15, -0.1) is 0 Å². The van der Waals surface area contributed by atoms with Crippen LogP contribution < -0.4 is 4.72 Å². The van der Waals surface area contributed by atoms with Crippen molar-refractivity contribution in [3.05, 3.63) is 89.8 Å². The number of aromatic nitrogens is 2. The third kappa shape index (κ3) is 4.27. The lowest BCUT2D eigenvalue weighted by Crippen LogP contribution is -2.15. The molecular formula is C21H17F2N3O2S. The Kier molecular flexibility index (Phi) is 5.02. The summed E-state index contributed by atoms with van der Waals surface area (Å²) in [6.45, 7) is 0. The number of fused-ring (bicyclic) bond motifs is 1. The Morgan fingerprint density at radius 1 is 0.897 bits per heavy atom. The molecule has 4 aromatic rings. The van der Waals surface area contributed by atoms with Gasteiger partial charge in [-0.2, -0.15) is 0 Å². The van der Waals surface area contributed by atoms with Crippen molar-refractivity contribution >= 4 is 26.7 Å². The Bertz CT molecular complexity index is 1230. The third-order valence-corrected chi connectivity index (χ3v) is 5.82. The molecule has 2 N–H and O–H groups in total. The smallest absolute Gasteiger partial charge is 0.262 e. The van der Waals surface area contributed by atoms with Crippen molar-refractivity contribution in [2.75, 3.05) is 4.72 Å². The molecule has 0 unspecified atom stereocenters. The molecule has 1 heterocycles. The predicted octanol–water partition coefficient (Wildman–Crippen LogP) is 4.43. The molecule has 0 spiro atoms. The number of para-hydroxylation sites is 3. The van der Waals surface area contributed by atoms with Crippen LogP contribution in [0.3, 0.4) is 0 Å². The van der Waals surface area contributed by atoms with Crippen molar-refractivity contribution in [2.24, 2.45) is 0 Å². The van der Waals surface area contributed by atoms with Gasteiger partial charge < -0.3 is 4.98 Å². The van der Waals surface area contributed by atoms with Crippen LogP contribution in [0.2, 0.25) is 0 Å². The second kappa shape index (κ2) is 7.63. The van der Waals surface area contributed by atoms with Crippen LogP contribution in [0.4, 0.5) is 14.5 Å². The average molecular weight is 413 g/mol. The van der Waals surface area contributed by atoms with Crippen molar-refractivity contribution < 1.29 is 17.2 Å². The number of rotatable bonds is 6. The van der Waals surface area contributed by atoms with Crippen LogP contribution in [-0.4, -0.2) is 18.4 Å². The zero-order valence-corrected chi connectivity index (χ0v) is 16.0. The van der Waals surface area contributed by atoms with Crippen LogP contribution in [0.15, 0.2) is 71.6 Å². The molecule has 8 heteroatoms. The number of aromatic amines is 1. The van der Waals surface area contributed by atoms with E-state index in [1.807, 2.05) is 24.3 Å². The van der Waals surface area contributed by atoms with Gasteiger partial charge in [0, 0.05) is 12.5 Å². The lowest BCUT2D eigenvalue weighted by Gasteiger charge is -2.12. The van der Waals surface area contributed by atoms with Crippen molar-refractivity contribution in [3.63, 3.8) is 0 Å². The van der Waals surface area contributed by atoms with Gasteiger partial charge in [0.15, 0.2) is 0 Å². The van der Waals surface area contributed by atoms with Crippen LogP contribution in [0.25, 0.3) is 11.0 Å². The molecule has 5 nitrogen and oxygen atoms in total. The van der Waals surface area contributed by atoms with E-state index in [1.54, 1.807) is 24.3 Å². The number of hydrogen-bond acceptors (Lipinski definition) is 3. The van der Waals surface area contributed by atoms with E-state index in [0.717, 1.165) is 34.6 Å². The first-order chi connectivity index (χ1) is 13.9. The number of aryl methyl sites for hydroxylation is 2. The van der Waals surface area contributed by atoms with E-state index in [-0.39, 0.29) is 0 Å². The van der Waals surface area contributed by atoms with Crippen LogP contribution in [-0.2, 0) is 22.9 Å². The molecule has 0 aliphatic heterocycles. The van der Waals surface area contributed by atoms with Crippen LogP contribution in [0, 0.1) is 11.6 Å². The molecule has 0 fully saturated rings. The van der Waals surface area contributed by atoms with Crippen LogP contribution in [0.1, 0.15) is 11.4 Å². The zero-order valence-electron chi connectivity index (χ0n) is 15.2. The monoisotopic (exact) mass is 413 g/mol. The second-order valence-electron chi connectivity index (χ2n) is 6.57. The van der Waals surface area contributed by atoms with E-state index in [1.165, 1.54) is 0 Å². The average Bonchev–Trinajstić information content (AvgIpc) is 3.09. The minimum atomic E-state index is -4.14. The van der Waals surface area contributed by atoms with Gasteiger partial charge in [0.25, 0.3) is 10.0 Å². The highest BCUT2D eigenvalue weighted by Gasteiger charge is 2.18. The summed E-state index contributed by atoms with van der Waals surface area (Å²) < 4.78 is 54.5. The maximum atomic E-state index is 13.4. The van der Waals surface area contributed by atoms with Crippen molar-refractivity contribution in [2.45, 2.75) is 17.7 Å². The summed E-state index contributed by atoms with van der Waals surface area (Å²) in [7, 11) is -4.14. The summed E-state index contributed by atoms with van der Waals surface area (Å²) in [5.41, 5.74) is 2.90. The second-order valence-corrected chi connectivity index (χ2v) is 8.25. The molecule has 3 aromatic carbocycles. The summed E-state index contributed by atoms with van der Waals surface area (Å²) in [4.78, 5) is 7.29. The molecule has 148 valence electrons. The summed E-state index contributed by atoms with van der Waals surface area (Å²) in [5.74, 6) is -1.12. The number of halogens is 2. The fourth-order valence-corrected chi connectivity index (χ4v) is 4.24. The van der Waals surface area contributed by atoms with E-state index in [0.29, 0.717) is 24.6 Å².